The number of likely N-dealkylation sites (tertiary alicyclic amines) is 1. The number of aryl methyl sites for hydroxylation is 2. The molecule has 55 heavy (non-hydrogen) atoms. The largest absolute Gasteiger partial charge is 0.475 e. The quantitative estimate of drug-likeness (QED) is 0.280. The first-order valence-corrected chi connectivity index (χ1v) is 20.1. The molecule has 4 bridgehead atoms. The Morgan fingerprint density at radius 3 is 2.20 bits per heavy atom. The first-order valence-electron chi connectivity index (χ1n) is 18.6. The lowest BCUT2D eigenvalue weighted by Gasteiger charge is -2.56. The molecule has 1 aromatic heterocycles. The maximum atomic E-state index is 14.7. The van der Waals surface area contributed by atoms with E-state index < -0.39 is 57.7 Å². The molecule has 3 aliphatic rings. The number of nitrogens with one attached hydrogen (secondary N) is 1. The van der Waals surface area contributed by atoms with Crippen molar-refractivity contribution in [3.8, 4) is 17.1 Å². The zero-order chi connectivity index (χ0) is 40.3. The number of nitrogens with zero attached hydrogens (tertiary/aromatic N) is 4. The van der Waals surface area contributed by atoms with Crippen LogP contribution in [0.1, 0.15) is 93.8 Å². The Morgan fingerprint density at radius 2 is 1.60 bits per heavy atom. The average molecular weight is 786 g/mol. The maximum Gasteiger partial charge on any atom is 0.410 e. The summed E-state index contributed by atoms with van der Waals surface area (Å²) in [5, 5.41) is 0. The fraction of sp³-hybridized carbons (Fsp3) is 0.550. The van der Waals surface area contributed by atoms with Crippen LogP contribution in [0.4, 0.5) is 23.9 Å². The van der Waals surface area contributed by atoms with E-state index in [4.69, 9.17) is 9.47 Å². The van der Waals surface area contributed by atoms with Gasteiger partial charge in [-0.1, -0.05) is 38.1 Å². The Morgan fingerprint density at radius 1 is 0.982 bits per heavy atom. The predicted octanol–water partition coefficient (Wildman–Crippen LogP) is 8.23. The number of benzene rings is 2. The Balaban J connectivity index is 1.42. The minimum atomic E-state index is -4.61. The molecule has 1 aliphatic carbocycles. The van der Waals surface area contributed by atoms with Crippen molar-refractivity contribution in [3.05, 3.63) is 64.7 Å². The maximum absolute atomic E-state index is 14.7. The van der Waals surface area contributed by atoms with Gasteiger partial charge in [-0.25, -0.2) is 22.9 Å². The number of carbonyl (C=O) groups is 2. The molecule has 6 rings (SSSR count). The Bertz CT molecular complexity index is 2060. The van der Waals surface area contributed by atoms with Crippen LogP contribution in [0, 0.1) is 31.6 Å². The molecular weight excluding hydrogens is 736 g/mol. The van der Waals surface area contributed by atoms with E-state index in [2.05, 4.69) is 14.7 Å². The van der Waals surface area contributed by atoms with Crippen LogP contribution in [0.3, 0.4) is 0 Å². The van der Waals surface area contributed by atoms with Crippen LogP contribution in [-0.4, -0.2) is 83.7 Å². The van der Waals surface area contributed by atoms with E-state index in [0.717, 1.165) is 30.5 Å². The number of piperidine rings is 1. The summed E-state index contributed by atoms with van der Waals surface area (Å²) in [6, 6.07) is 9.58. The number of carbonyl (C=O) groups excluding carboxylic acids is 2. The monoisotopic (exact) mass is 785 g/mol. The number of anilines is 1. The number of ether oxygens (including phenoxy) is 2. The highest BCUT2D eigenvalue weighted by Crippen LogP contribution is 2.53. The van der Waals surface area contributed by atoms with E-state index in [0.29, 0.717) is 50.0 Å². The third kappa shape index (κ3) is 8.27. The Kier molecular flexibility index (Phi) is 10.4. The van der Waals surface area contributed by atoms with Gasteiger partial charge in [0.1, 0.15) is 12.2 Å². The number of aromatic nitrogens is 2. The van der Waals surface area contributed by atoms with E-state index in [9.17, 15) is 31.2 Å². The molecule has 0 unspecified atom stereocenters. The zero-order valence-corrected chi connectivity index (χ0v) is 33.4. The number of amides is 2. The zero-order valence-electron chi connectivity index (χ0n) is 32.6. The summed E-state index contributed by atoms with van der Waals surface area (Å²) in [7, 11) is -4.34. The van der Waals surface area contributed by atoms with Gasteiger partial charge in [-0.2, -0.15) is 18.2 Å². The Hall–Kier alpha value is -4.40. The lowest BCUT2D eigenvalue weighted by atomic mass is 9.59. The van der Waals surface area contributed by atoms with E-state index in [-0.39, 0.29) is 34.3 Å². The molecule has 3 aromatic rings. The summed E-state index contributed by atoms with van der Waals surface area (Å²) in [6.45, 7) is 13.7. The highest BCUT2D eigenvalue weighted by molar-refractivity contribution is 7.92. The van der Waals surface area contributed by atoms with Gasteiger partial charge in [-0.15, -0.1) is 0 Å². The number of sulfonamides is 1. The molecule has 1 saturated heterocycles. The van der Waals surface area contributed by atoms with Crippen molar-refractivity contribution in [2.75, 3.05) is 24.4 Å². The molecule has 1 spiro atoms. The van der Waals surface area contributed by atoms with E-state index in [1.165, 1.54) is 29.2 Å². The molecule has 1 atom stereocenters. The van der Waals surface area contributed by atoms with Gasteiger partial charge in [0, 0.05) is 35.8 Å². The summed E-state index contributed by atoms with van der Waals surface area (Å²) < 4.78 is 85.9. The Labute approximate surface area is 321 Å². The molecule has 2 amide bonds. The number of fused-ring (bicyclic) bond motifs is 4. The van der Waals surface area contributed by atoms with Gasteiger partial charge in [-0.05, 0) is 108 Å². The van der Waals surface area contributed by atoms with Crippen molar-refractivity contribution in [1.82, 2.24) is 19.8 Å². The molecule has 298 valence electrons. The molecule has 1 saturated carbocycles. The minimum absolute atomic E-state index is 0.0117. The first-order chi connectivity index (χ1) is 25.5. The molecule has 2 aromatic carbocycles. The molecular formula is C40H50F3N5O6S. The van der Waals surface area contributed by atoms with Gasteiger partial charge in [0.05, 0.1) is 22.0 Å². The first kappa shape index (κ1) is 40.3. The topological polar surface area (TPSA) is 131 Å². The highest BCUT2D eigenvalue weighted by atomic mass is 32.2. The standard InChI is InChI=1S/C40H50F3N5O6S/c1-24-11-9-12-25(2)31(24)32-26(3)33-45-35(44-32)46-55(51,52)30-14-10-13-27(19-30)34(49)48(29(23-53-33)20-38(7,8)40(41,42)43)28-21-39(22-28)15-17-47(18-16-39)36(50)54-37(4,5)6/h9-14,19,28-29H,15-18,20-23H2,1-8H3,(H,44,45,46)/t29-/m1/s1. The van der Waals surface area contributed by atoms with Gasteiger partial charge >= 0.3 is 12.3 Å². The minimum Gasteiger partial charge on any atom is -0.475 e. The fourth-order valence-electron chi connectivity index (χ4n) is 8.02. The van der Waals surface area contributed by atoms with Crippen LogP contribution in [0.5, 0.6) is 5.88 Å². The second-order valence-electron chi connectivity index (χ2n) is 17.0. The molecule has 11 nitrogen and oxygen atoms in total. The predicted molar refractivity (Wildman–Crippen MR) is 201 cm³/mol. The van der Waals surface area contributed by atoms with Crippen molar-refractivity contribution < 1.29 is 40.7 Å². The fourth-order valence-corrected chi connectivity index (χ4v) is 9.01. The van der Waals surface area contributed by atoms with Crippen LogP contribution < -0.4 is 9.46 Å². The number of hydrogen-bond donors (Lipinski definition) is 1. The summed E-state index contributed by atoms with van der Waals surface area (Å²) in [6.07, 6.45) is -3.22. The number of hydrogen-bond acceptors (Lipinski definition) is 8. The smallest absolute Gasteiger partial charge is 0.410 e. The van der Waals surface area contributed by atoms with Gasteiger partial charge in [-0.3, -0.25) is 4.79 Å². The van der Waals surface area contributed by atoms with Crippen molar-refractivity contribution in [3.63, 3.8) is 0 Å². The van der Waals surface area contributed by atoms with E-state index in [1.54, 1.807) is 32.6 Å². The van der Waals surface area contributed by atoms with Crippen molar-refractivity contribution >= 4 is 28.0 Å². The van der Waals surface area contributed by atoms with Crippen molar-refractivity contribution in [2.45, 2.75) is 116 Å². The number of alkyl halides is 3. The second-order valence-corrected chi connectivity index (χ2v) is 18.7. The van der Waals surface area contributed by atoms with Gasteiger partial charge < -0.3 is 19.3 Å². The average Bonchev–Trinajstić information content (AvgIpc) is 3.06. The summed E-state index contributed by atoms with van der Waals surface area (Å²) in [5.41, 5.74) is 0.242. The lowest BCUT2D eigenvalue weighted by Crippen LogP contribution is -2.61. The molecule has 3 heterocycles. The molecule has 2 aliphatic heterocycles. The van der Waals surface area contributed by atoms with Gasteiger partial charge in [0.15, 0.2) is 0 Å². The van der Waals surface area contributed by atoms with E-state index >= 15 is 0 Å². The molecule has 0 radical (unpaired) electrons. The van der Waals surface area contributed by atoms with Gasteiger partial charge in [0.25, 0.3) is 15.9 Å². The van der Waals surface area contributed by atoms with Gasteiger partial charge in [0.2, 0.25) is 11.8 Å². The summed E-state index contributed by atoms with van der Waals surface area (Å²) in [5.74, 6) is -0.894. The van der Waals surface area contributed by atoms with Crippen LogP contribution in [0.15, 0.2) is 47.4 Å². The second kappa shape index (κ2) is 14.3. The molecule has 2 fully saturated rings. The number of rotatable bonds is 4. The molecule has 1 N–H and O–H groups in total. The molecule has 15 heteroatoms. The normalized spacial score (nSPS) is 20.3. The third-order valence-corrected chi connectivity index (χ3v) is 12.5. The van der Waals surface area contributed by atoms with Crippen LogP contribution in [0.2, 0.25) is 0 Å². The SMILES string of the molecule is Cc1cccc(C)c1-c1nc2nc(c1C)OC[C@@H](CC(C)(C)C(F)(F)F)N(C1CC3(CCN(C(=O)OC(C)(C)C)CC3)C1)C(=O)c1cccc(c1)S(=O)(=O)N2. The van der Waals surface area contributed by atoms with Crippen LogP contribution in [-0.2, 0) is 14.8 Å². The van der Waals surface area contributed by atoms with E-state index in [1.807, 2.05) is 32.0 Å². The van der Waals surface area contributed by atoms with Crippen molar-refractivity contribution in [1.29, 1.82) is 0 Å². The van der Waals surface area contributed by atoms with Crippen LogP contribution >= 0.6 is 0 Å². The highest BCUT2D eigenvalue weighted by Gasteiger charge is 2.54. The lowest BCUT2D eigenvalue weighted by molar-refractivity contribution is -0.219. The summed E-state index contributed by atoms with van der Waals surface area (Å²) in [4.78, 5) is 39.5. The third-order valence-electron chi connectivity index (χ3n) is 11.2. The van der Waals surface area contributed by atoms with Crippen molar-refractivity contribution in [2.24, 2.45) is 10.8 Å². The summed E-state index contributed by atoms with van der Waals surface area (Å²) >= 11 is 0. The number of halogens is 3. The van der Waals surface area contributed by atoms with Crippen LogP contribution in [0.25, 0.3) is 11.3 Å².